The van der Waals surface area contributed by atoms with Gasteiger partial charge in [0.05, 0.1) is 16.3 Å². The molecule has 9 heteroatoms. The molecule has 1 aliphatic rings. The lowest BCUT2D eigenvalue weighted by Crippen LogP contribution is -2.18. The summed E-state index contributed by atoms with van der Waals surface area (Å²) in [6.45, 7) is 3.76. The minimum absolute atomic E-state index is 0.0853. The number of rotatable bonds is 5. The first kappa shape index (κ1) is 21.7. The number of fused-ring (bicyclic) bond motifs is 1. The summed E-state index contributed by atoms with van der Waals surface area (Å²) in [5, 5.41) is 6.14. The Hall–Kier alpha value is -2.03. The third-order valence-electron chi connectivity index (χ3n) is 4.45. The van der Waals surface area contributed by atoms with Gasteiger partial charge in [0.25, 0.3) is 0 Å². The van der Waals surface area contributed by atoms with Crippen molar-refractivity contribution in [2.45, 2.75) is 41.7 Å². The van der Waals surface area contributed by atoms with Crippen LogP contribution in [0.2, 0.25) is 5.02 Å². The lowest BCUT2D eigenvalue weighted by atomic mass is 10.2. The topological polar surface area (TPSA) is 92.3 Å². The molecule has 0 radical (unpaired) electrons. The Morgan fingerprint density at radius 1 is 1.28 bits per heavy atom. The van der Waals surface area contributed by atoms with Crippen LogP contribution in [0.5, 0.6) is 0 Å². The van der Waals surface area contributed by atoms with Crippen molar-refractivity contribution >= 4 is 56.4 Å². The number of anilines is 2. The van der Waals surface area contributed by atoms with Crippen LogP contribution in [0.25, 0.3) is 0 Å². The lowest BCUT2D eigenvalue weighted by molar-refractivity contribution is -0.116. The number of carbonyl (C=O) groups excluding carboxylic acids is 2. The van der Waals surface area contributed by atoms with Gasteiger partial charge in [-0.3, -0.25) is 9.59 Å². The van der Waals surface area contributed by atoms with Gasteiger partial charge in [-0.2, -0.15) is 0 Å². The highest BCUT2D eigenvalue weighted by atomic mass is 35.5. The van der Waals surface area contributed by atoms with Crippen LogP contribution in [-0.4, -0.2) is 31.2 Å². The Morgan fingerprint density at radius 2 is 2.03 bits per heavy atom. The summed E-state index contributed by atoms with van der Waals surface area (Å²) in [4.78, 5) is 25.1. The quantitative estimate of drug-likeness (QED) is 0.706. The molecule has 0 saturated heterocycles. The zero-order valence-corrected chi connectivity index (χ0v) is 18.4. The number of sulfone groups is 1. The Kier molecular flexibility index (Phi) is 6.55. The molecule has 2 amide bonds. The SMILES string of the molecule is Cc1cc(Cl)ccc1NC(=O)CCS(=O)(=O)c1ccc2c(c1)NC(=O)C[C@@H](C)S2. The maximum absolute atomic E-state index is 12.7. The smallest absolute Gasteiger partial charge is 0.225 e. The standard InChI is InChI=1S/C20H21ClN2O4S2/c1-12-9-14(21)3-5-16(12)22-19(24)7-8-29(26,27)15-4-6-18-17(11-15)23-20(25)10-13(2)28-18/h3-6,9,11,13H,7-8,10H2,1-2H3,(H,22,24)(H,23,25)/t13-/m1/s1. The van der Waals surface area contributed by atoms with Crippen LogP contribution in [0.3, 0.4) is 0 Å². The number of thioether (sulfide) groups is 1. The van der Waals surface area contributed by atoms with Crippen LogP contribution in [0, 0.1) is 6.92 Å². The van der Waals surface area contributed by atoms with Crippen LogP contribution in [0.15, 0.2) is 46.2 Å². The molecule has 0 aliphatic carbocycles. The second kappa shape index (κ2) is 8.77. The molecule has 3 rings (SSSR count). The molecule has 6 nitrogen and oxygen atoms in total. The number of hydrogen-bond acceptors (Lipinski definition) is 5. The predicted molar refractivity (Wildman–Crippen MR) is 116 cm³/mol. The largest absolute Gasteiger partial charge is 0.326 e. The summed E-state index contributed by atoms with van der Waals surface area (Å²) in [6.07, 6.45) is 0.186. The zero-order chi connectivity index (χ0) is 21.2. The van der Waals surface area contributed by atoms with Crippen molar-refractivity contribution in [3.05, 3.63) is 47.0 Å². The van der Waals surface area contributed by atoms with Crippen molar-refractivity contribution in [3.8, 4) is 0 Å². The van der Waals surface area contributed by atoms with Crippen molar-refractivity contribution in [2.24, 2.45) is 0 Å². The fourth-order valence-electron chi connectivity index (χ4n) is 2.95. The summed E-state index contributed by atoms with van der Waals surface area (Å²) < 4.78 is 25.4. The maximum atomic E-state index is 12.7. The average Bonchev–Trinajstić information content (AvgIpc) is 2.78. The van der Waals surface area contributed by atoms with E-state index < -0.39 is 15.7 Å². The number of aryl methyl sites for hydroxylation is 1. The molecule has 0 bridgehead atoms. The van der Waals surface area contributed by atoms with Gasteiger partial charge in [-0.05, 0) is 48.9 Å². The molecule has 2 N–H and O–H groups in total. The molecule has 29 heavy (non-hydrogen) atoms. The summed E-state index contributed by atoms with van der Waals surface area (Å²) in [6, 6.07) is 9.74. The highest BCUT2D eigenvalue weighted by Crippen LogP contribution is 2.36. The molecule has 1 aliphatic heterocycles. The average molecular weight is 453 g/mol. The van der Waals surface area contributed by atoms with E-state index in [4.69, 9.17) is 11.6 Å². The second-order valence-corrected chi connectivity index (χ2v) is 10.9. The highest BCUT2D eigenvalue weighted by Gasteiger charge is 2.23. The first-order valence-electron chi connectivity index (χ1n) is 9.03. The van der Waals surface area contributed by atoms with Crippen LogP contribution in [0.4, 0.5) is 11.4 Å². The summed E-state index contributed by atoms with van der Waals surface area (Å²) in [5.74, 6) is -0.871. The lowest BCUT2D eigenvalue weighted by Gasteiger charge is -2.11. The first-order valence-corrected chi connectivity index (χ1v) is 11.9. The van der Waals surface area contributed by atoms with Crippen LogP contribution in [0.1, 0.15) is 25.3 Å². The van der Waals surface area contributed by atoms with E-state index in [2.05, 4.69) is 10.6 Å². The molecule has 0 spiro atoms. The zero-order valence-electron chi connectivity index (χ0n) is 16.0. The van der Waals surface area contributed by atoms with Gasteiger partial charge >= 0.3 is 0 Å². The van der Waals surface area contributed by atoms with Gasteiger partial charge in [0.1, 0.15) is 0 Å². The minimum Gasteiger partial charge on any atom is -0.326 e. The molecule has 1 atom stereocenters. The molecule has 0 aromatic heterocycles. The van der Waals surface area contributed by atoms with Gasteiger partial charge in [0.15, 0.2) is 9.84 Å². The Bertz CT molecular complexity index is 1070. The molecular weight excluding hydrogens is 432 g/mol. The molecule has 0 saturated carbocycles. The number of carbonyl (C=O) groups is 2. The van der Waals surface area contributed by atoms with Crippen molar-refractivity contribution < 1.29 is 18.0 Å². The number of amides is 2. The van der Waals surface area contributed by atoms with E-state index in [1.54, 1.807) is 31.2 Å². The summed E-state index contributed by atoms with van der Waals surface area (Å²) in [5.41, 5.74) is 1.88. The van der Waals surface area contributed by atoms with Crippen molar-refractivity contribution in [1.29, 1.82) is 0 Å². The predicted octanol–water partition coefficient (Wildman–Crippen LogP) is 4.27. The van der Waals surface area contributed by atoms with Gasteiger partial charge in [-0.25, -0.2) is 8.42 Å². The van der Waals surface area contributed by atoms with E-state index in [9.17, 15) is 18.0 Å². The Labute approximate surface area is 179 Å². The molecule has 2 aromatic rings. The van der Waals surface area contributed by atoms with Gasteiger partial charge in [0.2, 0.25) is 11.8 Å². The first-order chi connectivity index (χ1) is 13.6. The summed E-state index contributed by atoms with van der Waals surface area (Å²) in [7, 11) is -3.68. The van der Waals surface area contributed by atoms with Crippen LogP contribution in [-0.2, 0) is 19.4 Å². The number of hydrogen-bond donors (Lipinski definition) is 2. The van der Waals surface area contributed by atoms with E-state index in [1.807, 2.05) is 6.92 Å². The number of halogens is 1. The van der Waals surface area contributed by atoms with E-state index in [0.29, 0.717) is 22.8 Å². The fourth-order valence-corrected chi connectivity index (χ4v) is 5.49. The molecule has 1 heterocycles. The minimum atomic E-state index is -3.68. The van der Waals surface area contributed by atoms with Crippen molar-refractivity contribution in [3.63, 3.8) is 0 Å². The fraction of sp³-hybridized carbons (Fsp3) is 0.300. The Balaban J connectivity index is 1.69. The van der Waals surface area contributed by atoms with Gasteiger partial charge in [0, 0.05) is 33.7 Å². The van der Waals surface area contributed by atoms with Gasteiger partial charge in [-0.15, -0.1) is 11.8 Å². The van der Waals surface area contributed by atoms with E-state index in [1.165, 1.54) is 23.9 Å². The van der Waals surface area contributed by atoms with E-state index in [0.717, 1.165) is 10.5 Å². The maximum Gasteiger partial charge on any atom is 0.225 e. The molecule has 154 valence electrons. The van der Waals surface area contributed by atoms with Gasteiger partial charge in [-0.1, -0.05) is 18.5 Å². The number of nitrogens with one attached hydrogen (secondary N) is 2. The number of benzene rings is 2. The van der Waals surface area contributed by atoms with E-state index >= 15 is 0 Å². The normalized spacial score (nSPS) is 16.5. The third-order valence-corrected chi connectivity index (χ3v) is 7.57. The highest BCUT2D eigenvalue weighted by molar-refractivity contribution is 8.00. The van der Waals surface area contributed by atoms with Crippen LogP contribution < -0.4 is 10.6 Å². The molecule has 2 aromatic carbocycles. The van der Waals surface area contributed by atoms with Crippen molar-refractivity contribution in [2.75, 3.05) is 16.4 Å². The summed E-state index contributed by atoms with van der Waals surface area (Å²) >= 11 is 7.43. The van der Waals surface area contributed by atoms with Gasteiger partial charge < -0.3 is 10.6 Å². The molecular formula is C20H21ClN2O4S2. The van der Waals surface area contributed by atoms with Crippen LogP contribution >= 0.6 is 23.4 Å². The third kappa shape index (κ3) is 5.52. The molecule has 0 fully saturated rings. The van der Waals surface area contributed by atoms with Crippen molar-refractivity contribution in [1.82, 2.24) is 0 Å². The molecule has 0 unspecified atom stereocenters. The Morgan fingerprint density at radius 3 is 2.76 bits per heavy atom. The monoisotopic (exact) mass is 452 g/mol. The second-order valence-electron chi connectivity index (χ2n) is 6.92. The van der Waals surface area contributed by atoms with E-state index in [-0.39, 0.29) is 28.2 Å².